The van der Waals surface area contributed by atoms with Gasteiger partial charge in [0.1, 0.15) is 11.5 Å². The number of ether oxygens (including phenoxy) is 1. The van der Waals surface area contributed by atoms with Crippen molar-refractivity contribution < 1.29 is 14.6 Å². The van der Waals surface area contributed by atoms with Crippen molar-refractivity contribution in [3.63, 3.8) is 0 Å². The molecule has 0 unspecified atom stereocenters. The molecule has 2 rings (SSSR count). The molecule has 0 spiro atoms. The van der Waals surface area contributed by atoms with Gasteiger partial charge in [0, 0.05) is 16.7 Å². The predicted octanol–water partition coefficient (Wildman–Crippen LogP) is 3.54. The number of esters is 1. The zero-order valence-corrected chi connectivity index (χ0v) is 10.6. The minimum atomic E-state index is -0.483. The number of hydrogen-bond acceptors (Lipinski definition) is 3. The summed E-state index contributed by atoms with van der Waals surface area (Å²) >= 11 is 0. The van der Waals surface area contributed by atoms with Crippen LogP contribution in [0.15, 0.2) is 60.7 Å². The van der Waals surface area contributed by atoms with Crippen LogP contribution in [0, 0.1) is 0 Å². The molecule has 0 radical (unpaired) electrons. The summed E-state index contributed by atoms with van der Waals surface area (Å²) in [5, 5.41) is 9.87. The van der Waals surface area contributed by atoms with Gasteiger partial charge in [0.05, 0.1) is 0 Å². The zero-order chi connectivity index (χ0) is 13.8. The van der Waals surface area contributed by atoms with Gasteiger partial charge in [-0.05, 0) is 19.1 Å². The maximum absolute atomic E-state index is 11.6. The van der Waals surface area contributed by atoms with Gasteiger partial charge in [-0.2, -0.15) is 0 Å². The van der Waals surface area contributed by atoms with Gasteiger partial charge in [-0.15, -0.1) is 0 Å². The van der Waals surface area contributed by atoms with E-state index in [0.29, 0.717) is 22.4 Å². The summed E-state index contributed by atoms with van der Waals surface area (Å²) in [7, 11) is 0. The topological polar surface area (TPSA) is 46.5 Å². The molecule has 1 N–H and O–H groups in total. The molecular weight excluding hydrogens is 240 g/mol. The second-order valence-corrected chi connectivity index (χ2v) is 4.18. The number of aromatic hydroxyl groups is 1. The predicted molar refractivity (Wildman–Crippen MR) is 74.0 cm³/mol. The minimum Gasteiger partial charge on any atom is -0.507 e. The quantitative estimate of drug-likeness (QED) is 0.517. The molecule has 2 aromatic carbocycles. The standard InChI is InChI=1S/C16H14O3/c1-11(2)16(18)19-15-10-6-4-8-13(15)12-7-3-5-9-14(12)17/h3-10,17H,1H2,2H3. The van der Waals surface area contributed by atoms with Crippen LogP contribution in [0.2, 0.25) is 0 Å². The highest BCUT2D eigenvalue weighted by Crippen LogP contribution is 2.35. The number of carbonyl (C=O) groups excluding carboxylic acids is 1. The van der Waals surface area contributed by atoms with Crippen molar-refractivity contribution in [2.24, 2.45) is 0 Å². The molecule has 19 heavy (non-hydrogen) atoms. The van der Waals surface area contributed by atoms with Crippen LogP contribution in [0.3, 0.4) is 0 Å². The summed E-state index contributed by atoms with van der Waals surface area (Å²) in [6, 6.07) is 14.0. The van der Waals surface area contributed by atoms with Crippen LogP contribution in [0.5, 0.6) is 11.5 Å². The van der Waals surface area contributed by atoms with Crippen LogP contribution < -0.4 is 4.74 Å². The van der Waals surface area contributed by atoms with E-state index in [2.05, 4.69) is 6.58 Å². The lowest BCUT2D eigenvalue weighted by Gasteiger charge is -2.11. The van der Waals surface area contributed by atoms with Crippen molar-refractivity contribution >= 4 is 5.97 Å². The summed E-state index contributed by atoms with van der Waals surface area (Å²) in [6.45, 7) is 5.14. The Morgan fingerprint density at radius 2 is 1.63 bits per heavy atom. The van der Waals surface area contributed by atoms with Gasteiger partial charge in [0.2, 0.25) is 0 Å². The Morgan fingerprint density at radius 1 is 1.05 bits per heavy atom. The van der Waals surface area contributed by atoms with Crippen LogP contribution in [-0.2, 0) is 4.79 Å². The molecule has 0 saturated heterocycles. The Morgan fingerprint density at radius 3 is 2.26 bits per heavy atom. The molecule has 0 atom stereocenters. The molecule has 0 saturated carbocycles. The molecule has 0 aromatic heterocycles. The summed E-state index contributed by atoms with van der Waals surface area (Å²) in [5.41, 5.74) is 1.61. The van der Waals surface area contributed by atoms with Crippen LogP contribution in [0.1, 0.15) is 6.92 Å². The second-order valence-electron chi connectivity index (χ2n) is 4.18. The molecular formula is C16H14O3. The molecule has 0 amide bonds. The second kappa shape index (κ2) is 5.40. The van der Waals surface area contributed by atoms with Gasteiger partial charge in [-0.25, -0.2) is 4.79 Å². The zero-order valence-electron chi connectivity index (χ0n) is 10.6. The smallest absolute Gasteiger partial charge is 0.338 e. The van der Waals surface area contributed by atoms with Crippen molar-refractivity contribution in [1.29, 1.82) is 0 Å². The van der Waals surface area contributed by atoms with Gasteiger partial charge in [-0.3, -0.25) is 0 Å². The number of rotatable bonds is 3. The average Bonchev–Trinajstić information content (AvgIpc) is 2.40. The fraction of sp³-hybridized carbons (Fsp3) is 0.0625. The first kappa shape index (κ1) is 12.9. The van der Waals surface area contributed by atoms with Gasteiger partial charge < -0.3 is 9.84 Å². The van der Waals surface area contributed by atoms with E-state index < -0.39 is 5.97 Å². The molecule has 96 valence electrons. The van der Waals surface area contributed by atoms with Crippen molar-refractivity contribution in [3.05, 3.63) is 60.7 Å². The summed E-state index contributed by atoms with van der Waals surface area (Å²) in [4.78, 5) is 11.6. The maximum atomic E-state index is 11.6. The molecule has 0 bridgehead atoms. The number of benzene rings is 2. The third kappa shape index (κ3) is 2.83. The molecule has 3 nitrogen and oxygen atoms in total. The fourth-order valence-corrected chi connectivity index (χ4v) is 1.67. The average molecular weight is 254 g/mol. The highest BCUT2D eigenvalue weighted by molar-refractivity contribution is 5.90. The lowest BCUT2D eigenvalue weighted by Crippen LogP contribution is -2.08. The first-order valence-electron chi connectivity index (χ1n) is 5.84. The van der Waals surface area contributed by atoms with Gasteiger partial charge in [-0.1, -0.05) is 43.0 Å². The summed E-state index contributed by atoms with van der Waals surface area (Å²) in [5.74, 6) is 0.0567. The Bertz CT molecular complexity index is 629. The first-order chi connectivity index (χ1) is 9.09. The minimum absolute atomic E-state index is 0.140. The van der Waals surface area contributed by atoms with Crippen LogP contribution in [0.4, 0.5) is 0 Å². The van der Waals surface area contributed by atoms with Gasteiger partial charge in [0.15, 0.2) is 0 Å². The molecule has 3 heteroatoms. The van der Waals surface area contributed by atoms with Crippen molar-refractivity contribution in [1.82, 2.24) is 0 Å². The van der Waals surface area contributed by atoms with Gasteiger partial charge in [0.25, 0.3) is 0 Å². The van der Waals surface area contributed by atoms with E-state index in [1.807, 2.05) is 12.1 Å². The monoisotopic (exact) mass is 254 g/mol. The van der Waals surface area contributed by atoms with E-state index in [1.54, 1.807) is 43.3 Å². The number of para-hydroxylation sites is 2. The lowest BCUT2D eigenvalue weighted by molar-refractivity contribution is -0.130. The van der Waals surface area contributed by atoms with Gasteiger partial charge >= 0.3 is 5.97 Å². The Hall–Kier alpha value is -2.55. The van der Waals surface area contributed by atoms with E-state index in [9.17, 15) is 9.90 Å². The van der Waals surface area contributed by atoms with Crippen molar-refractivity contribution in [2.45, 2.75) is 6.92 Å². The third-order valence-electron chi connectivity index (χ3n) is 2.63. The van der Waals surface area contributed by atoms with Crippen molar-refractivity contribution in [2.75, 3.05) is 0 Å². The highest BCUT2D eigenvalue weighted by atomic mass is 16.5. The lowest BCUT2D eigenvalue weighted by atomic mass is 10.0. The Balaban J connectivity index is 2.45. The number of phenolic OH excluding ortho intramolecular Hbond substituents is 1. The molecule has 0 aliphatic carbocycles. The normalized spacial score (nSPS) is 9.95. The van der Waals surface area contributed by atoms with E-state index in [-0.39, 0.29) is 5.75 Å². The van der Waals surface area contributed by atoms with E-state index >= 15 is 0 Å². The SMILES string of the molecule is C=C(C)C(=O)Oc1ccccc1-c1ccccc1O. The number of carbonyl (C=O) groups is 1. The maximum Gasteiger partial charge on any atom is 0.338 e. The Kier molecular flexibility index (Phi) is 3.66. The highest BCUT2D eigenvalue weighted by Gasteiger charge is 2.12. The molecule has 2 aromatic rings. The summed E-state index contributed by atoms with van der Waals surface area (Å²) in [6.07, 6.45) is 0. The largest absolute Gasteiger partial charge is 0.507 e. The molecule has 0 aliphatic rings. The van der Waals surface area contributed by atoms with Crippen LogP contribution >= 0.6 is 0 Å². The van der Waals surface area contributed by atoms with Crippen LogP contribution in [-0.4, -0.2) is 11.1 Å². The molecule has 0 fully saturated rings. The molecule has 0 aliphatic heterocycles. The first-order valence-corrected chi connectivity index (χ1v) is 5.84. The fourth-order valence-electron chi connectivity index (χ4n) is 1.67. The van der Waals surface area contributed by atoms with E-state index in [1.165, 1.54) is 0 Å². The number of phenols is 1. The van der Waals surface area contributed by atoms with Crippen LogP contribution in [0.25, 0.3) is 11.1 Å². The van der Waals surface area contributed by atoms with E-state index in [0.717, 1.165) is 0 Å². The molecule has 0 heterocycles. The summed E-state index contributed by atoms with van der Waals surface area (Å²) < 4.78 is 5.27. The Labute approximate surface area is 111 Å². The van der Waals surface area contributed by atoms with E-state index in [4.69, 9.17) is 4.74 Å². The van der Waals surface area contributed by atoms with Crippen molar-refractivity contribution in [3.8, 4) is 22.6 Å². The third-order valence-corrected chi connectivity index (χ3v) is 2.63. The number of hydrogen-bond donors (Lipinski definition) is 1.